The van der Waals surface area contributed by atoms with Gasteiger partial charge in [0.15, 0.2) is 0 Å². The second-order valence-corrected chi connectivity index (χ2v) is 4.67. The van der Waals surface area contributed by atoms with E-state index in [9.17, 15) is 14.7 Å². The summed E-state index contributed by atoms with van der Waals surface area (Å²) in [7, 11) is 0. The lowest BCUT2D eigenvalue weighted by Gasteiger charge is -2.09. The number of aromatic nitrogens is 2. The quantitative estimate of drug-likeness (QED) is 0.893. The molecular weight excluding hydrogens is 268 g/mol. The maximum Gasteiger partial charge on any atom is 0.331 e. The van der Waals surface area contributed by atoms with E-state index in [1.807, 2.05) is 12.1 Å². The van der Waals surface area contributed by atoms with E-state index >= 15 is 0 Å². The van der Waals surface area contributed by atoms with Gasteiger partial charge >= 0.3 is 5.69 Å². The summed E-state index contributed by atoms with van der Waals surface area (Å²) < 4.78 is 1.14. The van der Waals surface area contributed by atoms with E-state index < -0.39 is 11.2 Å². The monoisotopic (exact) mass is 280 g/mol. The van der Waals surface area contributed by atoms with Gasteiger partial charge in [-0.2, -0.15) is 0 Å². The Kier molecular flexibility index (Phi) is 3.76. The van der Waals surface area contributed by atoms with Gasteiger partial charge in [0.2, 0.25) is 5.88 Å². The van der Waals surface area contributed by atoms with Crippen molar-refractivity contribution in [3.63, 3.8) is 0 Å². The van der Waals surface area contributed by atoms with E-state index in [0.29, 0.717) is 11.4 Å². The molecule has 1 aromatic heterocycles. The average molecular weight is 281 g/mol. The van der Waals surface area contributed by atoms with Gasteiger partial charge in [-0.3, -0.25) is 14.3 Å². The van der Waals surface area contributed by atoms with Gasteiger partial charge in [-0.15, -0.1) is 0 Å². The molecule has 0 aliphatic rings. The number of rotatable bonds is 3. The number of nitrogens with one attached hydrogen (secondary N) is 1. The topological polar surface area (TPSA) is 75.1 Å². The summed E-state index contributed by atoms with van der Waals surface area (Å²) in [4.78, 5) is 25.1. The number of hydrogen-bond acceptors (Lipinski definition) is 3. The molecule has 0 saturated carbocycles. The van der Waals surface area contributed by atoms with Crippen LogP contribution in [0.25, 0.3) is 0 Å². The molecule has 0 saturated heterocycles. The minimum Gasteiger partial charge on any atom is -0.494 e. The first-order chi connectivity index (χ1) is 8.99. The predicted molar refractivity (Wildman–Crippen MR) is 72.9 cm³/mol. The smallest absolute Gasteiger partial charge is 0.331 e. The second kappa shape index (κ2) is 5.32. The molecule has 0 aliphatic heterocycles. The van der Waals surface area contributed by atoms with Crippen LogP contribution in [0, 0.1) is 6.92 Å². The highest BCUT2D eigenvalue weighted by Gasteiger charge is 2.09. The molecule has 100 valence electrons. The van der Waals surface area contributed by atoms with Crippen molar-refractivity contribution in [3.8, 4) is 5.88 Å². The summed E-state index contributed by atoms with van der Waals surface area (Å²) >= 11 is 5.78. The molecule has 2 N–H and O–H groups in total. The molecule has 6 heteroatoms. The summed E-state index contributed by atoms with van der Waals surface area (Å²) in [6.07, 6.45) is 0.552. The molecule has 0 fully saturated rings. The molecule has 0 unspecified atom stereocenters. The van der Waals surface area contributed by atoms with Crippen LogP contribution in [0.5, 0.6) is 5.88 Å². The van der Waals surface area contributed by atoms with Crippen LogP contribution >= 0.6 is 11.6 Å². The van der Waals surface area contributed by atoms with E-state index in [1.165, 1.54) is 6.92 Å². The molecule has 0 spiro atoms. The Morgan fingerprint density at radius 2 is 1.89 bits per heavy atom. The number of aryl methyl sites for hydroxylation is 1. The van der Waals surface area contributed by atoms with Crippen LogP contribution in [0.4, 0.5) is 0 Å². The van der Waals surface area contributed by atoms with Crippen LogP contribution < -0.4 is 11.2 Å². The van der Waals surface area contributed by atoms with E-state index in [4.69, 9.17) is 11.6 Å². The Morgan fingerprint density at radius 3 is 2.53 bits per heavy atom. The van der Waals surface area contributed by atoms with Gasteiger partial charge < -0.3 is 5.11 Å². The molecule has 1 heterocycles. The van der Waals surface area contributed by atoms with Gasteiger partial charge in [-0.25, -0.2) is 4.79 Å². The highest BCUT2D eigenvalue weighted by Crippen LogP contribution is 2.12. The van der Waals surface area contributed by atoms with Gasteiger partial charge in [0.1, 0.15) is 0 Å². The predicted octanol–water partition coefficient (Wildman–Crippen LogP) is 1.45. The zero-order valence-electron chi connectivity index (χ0n) is 10.3. The van der Waals surface area contributed by atoms with Gasteiger partial charge in [0.25, 0.3) is 5.56 Å². The minimum atomic E-state index is -0.609. The van der Waals surface area contributed by atoms with Crippen molar-refractivity contribution < 1.29 is 5.11 Å². The fourth-order valence-electron chi connectivity index (χ4n) is 1.76. The van der Waals surface area contributed by atoms with E-state index in [1.54, 1.807) is 12.1 Å². The maximum atomic E-state index is 11.6. The van der Waals surface area contributed by atoms with Gasteiger partial charge in [0.05, 0.1) is 5.56 Å². The molecule has 2 rings (SSSR count). The van der Waals surface area contributed by atoms with E-state index in [2.05, 4.69) is 4.98 Å². The van der Waals surface area contributed by atoms with Crippen LogP contribution in [0.3, 0.4) is 0 Å². The third-order valence-electron chi connectivity index (χ3n) is 2.93. The molecule has 5 nitrogen and oxygen atoms in total. The Hall–Kier alpha value is -2.01. The Labute approximate surface area is 114 Å². The van der Waals surface area contributed by atoms with Crippen molar-refractivity contribution in [3.05, 3.63) is 61.3 Å². The minimum absolute atomic E-state index is 0.135. The maximum absolute atomic E-state index is 11.6. The largest absolute Gasteiger partial charge is 0.494 e. The van der Waals surface area contributed by atoms with Gasteiger partial charge in [0, 0.05) is 11.6 Å². The third-order valence-corrected chi connectivity index (χ3v) is 3.19. The Bertz CT molecular complexity index is 701. The van der Waals surface area contributed by atoms with Crippen molar-refractivity contribution in [1.29, 1.82) is 0 Å². The van der Waals surface area contributed by atoms with Crippen LogP contribution in [-0.4, -0.2) is 14.7 Å². The summed E-state index contributed by atoms with van der Waals surface area (Å²) in [5.74, 6) is -0.289. The number of aromatic hydroxyl groups is 1. The number of H-pyrrole nitrogens is 1. The molecule has 2 aromatic rings. The standard InChI is InChI=1S/C13H13ClN2O3/c1-8-11(17)15-13(19)16(12(8)18)7-6-9-2-4-10(14)5-3-9/h2-5,18H,6-7H2,1H3,(H,15,17,19). The summed E-state index contributed by atoms with van der Waals surface area (Å²) in [6, 6.07) is 7.22. The van der Waals surface area contributed by atoms with Crippen molar-refractivity contribution in [2.24, 2.45) is 0 Å². The lowest BCUT2D eigenvalue weighted by Crippen LogP contribution is -2.31. The molecular formula is C13H13ClN2O3. The number of nitrogens with zero attached hydrogens (tertiary/aromatic N) is 1. The third kappa shape index (κ3) is 2.88. The molecule has 19 heavy (non-hydrogen) atoms. The number of hydrogen-bond donors (Lipinski definition) is 2. The molecule has 0 aliphatic carbocycles. The number of benzene rings is 1. The van der Waals surface area contributed by atoms with Crippen LogP contribution in [0.2, 0.25) is 5.02 Å². The number of halogens is 1. The zero-order valence-corrected chi connectivity index (χ0v) is 11.1. The van der Waals surface area contributed by atoms with Crippen LogP contribution in [-0.2, 0) is 13.0 Å². The fraction of sp³-hybridized carbons (Fsp3) is 0.231. The molecule has 1 aromatic carbocycles. The zero-order chi connectivity index (χ0) is 14.0. The van der Waals surface area contributed by atoms with Crippen molar-refractivity contribution in [1.82, 2.24) is 9.55 Å². The van der Waals surface area contributed by atoms with E-state index in [0.717, 1.165) is 10.1 Å². The van der Waals surface area contributed by atoms with Crippen molar-refractivity contribution in [2.75, 3.05) is 0 Å². The van der Waals surface area contributed by atoms with Crippen molar-refractivity contribution >= 4 is 11.6 Å². The number of aromatic amines is 1. The highest BCUT2D eigenvalue weighted by molar-refractivity contribution is 6.30. The summed E-state index contributed by atoms with van der Waals surface area (Å²) in [5, 5.41) is 10.4. The van der Waals surface area contributed by atoms with Gasteiger partial charge in [-0.1, -0.05) is 23.7 Å². The molecule has 0 bridgehead atoms. The van der Waals surface area contributed by atoms with Gasteiger partial charge in [-0.05, 0) is 31.0 Å². The molecule has 0 amide bonds. The molecule has 0 radical (unpaired) electrons. The summed E-state index contributed by atoms with van der Waals surface area (Å²) in [6.45, 7) is 1.75. The first-order valence-electron chi connectivity index (χ1n) is 5.76. The Morgan fingerprint density at radius 1 is 1.26 bits per heavy atom. The SMILES string of the molecule is Cc1c(O)n(CCc2ccc(Cl)cc2)c(=O)[nH]c1=O. The first-order valence-corrected chi connectivity index (χ1v) is 6.14. The average Bonchev–Trinajstić information content (AvgIpc) is 2.38. The summed E-state index contributed by atoms with van der Waals surface area (Å²) in [5.41, 5.74) is -0.0532. The first kappa shape index (κ1) is 13.4. The lowest BCUT2D eigenvalue weighted by molar-refractivity contribution is 0.395. The normalized spacial score (nSPS) is 10.6. The second-order valence-electron chi connectivity index (χ2n) is 4.24. The lowest BCUT2D eigenvalue weighted by atomic mass is 10.1. The molecule has 0 atom stereocenters. The van der Waals surface area contributed by atoms with Crippen LogP contribution in [0.15, 0.2) is 33.9 Å². The Balaban J connectivity index is 2.25. The van der Waals surface area contributed by atoms with Crippen LogP contribution in [0.1, 0.15) is 11.1 Å². The van der Waals surface area contributed by atoms with E-state index in [-0.39, 0.29) is 18.0 Å². The fourth-order valence-corrected chi connectivity index (χ4v) is 1.88. The highest BCUT2D eigenvalue weighted by atomic mass is 35.5. The van der Waals surface area contributed by atoms with Crippen molar-refractivity contribution in [2.45, 2.75) is 19.9 Å².